The molecule has 0 spiro atoms. The Bertz CT molecular complexity index is 1020. The molecule has 1 aliphatic heterocycles. The van der Waals surface area contributed by atoms with Crippen LogP contribution in [-0.4, -0.2) is 30.5 Å². The second-order valence-corrected chi connectivity index (χ2v) is 6.94. The average molecular weight is 403 g/mol. The van der Waals surface area contributed by atoms with Crippen molar-refractivity contribution in [3.8, 4) is 5.75 Å². The number of allylic oxidation sites excluding steroid dienone is 1. The summed E-state index contributed by atoms with van der Waals surface area (Å²) < 4.78 is 10.6. The molecule has 30 heavy (non-hydrogen) atoms. The van der Waals surface area contributed by atoms with E-state index in [1.54, 1.807) is 24.0 Å². The quantitative estimate of drug-likeness (QED) is 0.382. The van der Waals surface area contributed by atoms with E-state index in [0.29, 0.717) is 23.6 Å². The van der Waals surface area contributed by atoms with E-state index in [1.807, 2.05) is 61.5 Å². The molecule has 1 amide bonds. The topological polar surface area (TPSA) is 55.8 Å². The minimum atomic E-state index is -0.533. The maximum Gasteiger partial charge on any atom is 0.340 e. The second-order valence-electron chi connectivity index (χ2n) is 6.94. The van der Waals surface area contributed by atoms with Crippen LogP contribution in [0.3, 0.4) is 0 Å². The van der Waals surface area contributed by atoms with E-state index in [4.69, 9.17) is 9.47 Å². The fourth-order valence-corrected chi connectivity index (χ4v) is 3.56. The van der Waals surface area contributed by atoms with Crippen LogP contribution < -0.4 is 4.74 Å². The van der Waals surface area contributed by atoms with Crippen molar-refractivity contribution in [1.82, 2.24) is 4.90 Å². The van der Waals surface area contributed by atoms with Gasteiger partial charge in [-0.25, -0.2) is 4.79 Å². The van der Waals surface area contributed by atoms with E-state index in [1.165, 1.54) is 7.11 Å². The van der Waals surface area contributed by atoms with Gasteiger partial charge in [-0.2, -0.15) is 0 Å². The van der Waals surface area contributed by atoms with Gasteiger partial charge in [-0.3, -0.25) is 4.79 Å². The van der Waals surface area contributed by atoms with Gasteiger partial charge in [0.05, 0.1) is 24.3 Å². The van der Waals surface area contributed by atoms with Gasteiger partial charge in [0.1, 0.15) is 12.4 Å². The summed E-state index contributed by atoms with van der Waals surface area (Å²) in [6, 6.07) is 16.8. The number of amides is 1. The van der Waals surface area contributed by atoms with Gasteiger partial charge in [0.2, 0.25) is 0 Å². The lowest BCUT2D eigenvalue weighted by atomic mass is 10.0. The maximum absolute atomic E-state index is 13.4. The standard InChI is InChI=1S/C25H25NO4/c1-5-14-30-21-13-9-10-19(15-21)16-22-23(25(28)29-4)18(3)26(24(22)27)17(2)20-11-7-6-8-12-20/h5-13,15-17H,1,14H2,2-4H3/b22-16-/t17-/m1/s1. The Morgan fingerprint density at radius 3 is 2.57 bits per heavy atom. The van der Waals surface area contributed by atoms with E-state index in [2.05, 4.69) is 6.58 Å². The molecule has 0 radical (unpaired) electrons. The second kappa shape index (κ2) is 9.27. The van der Waals surface area contributed by atoms with Crippen molar-refractivity contribution in [1.29, 1.82) is 0 Å². The lowest BCUT2D eigenvalue weighted by Gasteiger charge is -2.26. The van der Waals surface area contributed by atoms with Crippen LogP contribution in [0.5, 0.6) is 5.75 Å². The third-order valence-corrected chi connectivity index (χ3v) is 5.04. The number of methoxy groups -OCH3 is 1. The Hall–Kier alpha value is -3.60. The van der Waals surface area contributed by atoms with Gasteiger partial charge < -0.3 is 14.4 Å². The molecule has 3 rings (SSSR count). The summed E-state index contributed by atoms with van der Waals surface area (Å²) in [5.41, 5.74) is 2.90. The van der Waals surface area contributed by atoms with Gasteiger partial charge in [0, 0.05) is 5.70 Å². The van der Waals surface area contributed by atoms with Crippen molar-refractivity contribution in [2.24, 2.45) is 0 Å². The lowest BCUT2D eigenvalue weighted by Crippen LogP contribution is -2.28. The highest BCUT2D eigenvalue weighted by Gasteiger charge is 2.39. The molecule has 0 saturated heterocycles. The first-order valence-electron chi connectivity index (χ1n) is 9.71. The van der Waals surface area contributed by atoms with Crippen LogP contribution in [0.15, 0.2) is 84.1 Å². The number of ether oxygens (including phenoxy) is 2. The number of esters is 1. The first-order chi connectivity index (χ1) is 14.5. The molecule has 1 aliphatic rings. The van der Waals surface area contributed by atoms with Gasteiger partial charge in [-0.05, 0) is 43.2 Å². The minimum absolute atomic E-state index is 0.230. The Kier molecular flexibility index (Phi) is 6.52. The molecule has 5 heteroatoms. The van der Waals surface area contributed by atoms with E-state index in [9.17, 15) is 9.59 Å². The fourth-order valence-electron chi connectivity index (χ4n) is 3.56. The number of carbonyl (C=O) groups excluding carboxylic acids is 2. The molecule has 2 aromatic rings. The van der Waals surface area contributed by atoms with Gasteiger partial charge in [-0.15, -0.1) is 0 Å². The van der Waals surface area contributed by atoms with Crippen molar-refractivity contribution in [3.63, 3.8) is 0 Å². The van der Waals surface area contributed by atoms with E-state index in [-0.39, 0.29) is 17.5 Å². The summed E-state index contributed by atoms with van der Waals surface area (Å²) in [4.78, 5) is 27.6. The molecule has 154 valence electrons. The average Bonchev–Trinajstić information content (AvgIpc) is 3.01. The molecule has 0 unspecified atom stereocenters. The molecular weight excluding hydrogens is 378 g/mol. The molecule has 0 aromatic heterocycles. The van der Waals surface area contributed by atoms with Gasteiger partial charge in [-0.1, -0.05) is 55.1 Å². The van der Waals surface area contributed by atoms with Crippen molar-refractivity contribution in [3.05, 3.63) is 95.2 Å². The highest BCUT2D eigenvalue weighted by Crippen LogP contribution is 2.37. The van der Waals surface area contributed by atoms with E-state index in [0.717, 1.165) is 11.1 Å². The summed E-state index contributed by atoms with van der Waals surface area (Å²) >= 11 is 0. The largest absolute Gasteiger partial charge is 0.490 e. The summed E-state index contributed by atoms with van der Waals surface area (Å²) in [6.07, 6.45) is 3.37. The number of rotatable bonds is 7. The van der Waals surface area contributed by atoms with Gasteiger partial charge in [0.25, 0.3) is 5.91 Å². The summed E-state index contributed by atoms with van der Waals surface area (Å²) in [6.45, 7) is 7.74. The monoisotopic (exact) mass is 403 g/mol. The number of hydrogen-bond acceptors (Lipinski definition) is 4. The number of carbonyl (C=O) groups is 2. The highest BCUT2D eigenvalue weighted by molar-refractivity contribution is 6.16. The van der Waals surface area contributed by atoms with Crippen LogP contribution in [-0.2, 0) is 14.3 Å². The van der Waals surface area contributed by atoms with Gasteiger partial charge in [0.15, 0.2) is 0 Å². The van der Waals surface area contributed by atoms with Crippen molar-refractivity contribution in [2.75, 3.05) is 13.7 Å². The zero-order chi connectivity index (χ0) is 21.7. The Morgan fingerprint density at radius 1 is 1.17 bits per heavy atom. The third-order valence-electron chi connectivity index (χ3n) is 5.04. The summed E-state index contributed by atoms with van der Waals surface area (Å²) in [5.74, 6) is -0.111. The predicted octanol–water partition coefficient (Wildman–Crippen LogP) is 4.69. The molecule has 0 bridgehead atoms. The lowest BCUT2D eigenvalue weighted by molar-refractivity contribution is -0.136. The Morgan fingerprint density at radius 2 is 1.90 bits per heavy atom. The third kappa shape index (κ3) is 4.20. The number of hydrogen-bond donors (Lipinski definition) is 0. The SMILES string of the molecule is C=CCOc1cccc(/C=C2\C(=O)N([C@H](C)c3ccccc3)C(C)=C2C(=O)OC)c1. The molecule has 0 fully saturated rings. The predicted molar refractivity (Wildman–Crippen MR) is 117 cm³/mol. The highest BCUT2D eigenvalue weighted by atomic mass is 16.5. The van der Waals surface area contributed by atoms with Crippen molar-refractivity contribution >= 4 is 18.0 Å². The zero-order valence-corrected chi connectivity index (χ0v) is 17.4. The minimum Gasteiger partial charge on any atom is -0.490 e. The maximum atomic E-state index is 13.4. The van der Waals surface area contributed by atoms with Crippen molar-refractivity contribution < 1.29 is 19.1 Å². The summed E-state index contributed by atoms with van der Waals surface area (Å²) in [7, 11) is 1.32. The molecule has 5 nitrogen and oxygen atoms in total. The van der Waals surface area contributed by atoms with E-state index >= 15 is 0 Å². The van der Waals surface area contributed by atoms with Crippen LogP contribution >= 0.6 is 0 Å². The normalized spacial score (nSPS) is 16.0. The van der Waals surface area contributed by atoms with Crippen LogP contribution in [0.1, 0.15) is 31.0 Å². The Balaban J connectivity index is 2.03. The molecular formula is C25H25NO4. The first-order valence-corrected chi connectivity index (χ1v) is 9.71. The molecule has 0 N–H and O–H groups in total. The Labute approximate surface area is 176 Å². The molecule has 0 saturated carbocycles. The van der Waals surface area contributed by atoms with E-state index < -0.39 is 5.97 Å². The smallest absolute Gasteiger partial charge is 0.340 e. The molecule has 2 aromatic carbocycles. The first kappa shape index (κ1) is 21.1. The fraction of sp³-hybridized carbons (Fsp3) is 0.200. The molecule has 0 aliphatic carbocycles. The summed E-state index contributed by atoms with van der Waals surface area (Å²) in [5, 5.41) is 0. The van der Waals surface area contributed by atoms with Gasteiger partial charge >= 0.3 is 5.97 Å². The number of benzene rings is 2. The molecule has 1 heterocycles. The number of nitrogens with zero attached hydrogens (tertiary/aromatic N) is 1. The van der Waals surface area contributed by atoms with Crippen molar-refractivity contribution in [2.45, 2.75) is 19.9 Å². The van der Waals surface area contributed by atoms with Crippen LogP contribution in [0.4, 0.5) is 0 Å². The van der Waals surface area contributed by atoms with Crippen LogP contribution in [0, 0.1) is 0 Å². The zero-order valence-electron chi connectivity index (χ0n) is 17.4. The molecule has 1 atom stereocenters. The van der Waals surface area contributed by atoms with Crippen LogP contribution in [0.25, 0.3) is 6.08 Å². The van der Waals surface area contributed by atoms with Crippen LogP contribution in [0.2, 0.25) is 0 Å².